The molecular weight excluding hydrogens is 230 g/mol. The maximum Gasteiger partial charge on any atom is 0.150 e. The zero-order chi connectivity index (χ0) is 13.6. The van der Waals surface area contributed by atoms with E-state index in [1.807, 2.05) is 52.8 Å². The van der Waals surface area contributed by atoms with Gasteiger partial charge < -0.3 is 4.74 Å². The Morgan fingerprint density at radius 2 is 1.61 bits per heavy atom. The highest BCUT2D eigenvalue weighted by Gasteiger charge is 2.50. The molecule has 1 saturated heterocycles. The summed E-state index contributed by atoms with van der Waals surface area (Å²) in [4.78, 5) is 11.8. The van der Waals surface area contributed by atoms with Gasteiger partial charge in [0.1, 0.15) is 22.6 Å². The molecule has 1 aromatic carbocycles. The Bertz CT molecular complexity index is 438. The summed E-state index contributed by atoms with van der Waals surface area (Å²) in [5.74, 6) is 0.769. The van der Waals surface area contributed by atoms with Gasteiger partial charge in [-0.3, -0.25) is 0 Å². The van der Waals surface area contributed by atoms with Crippen LogP contribution in [0.2, 0.25) is 0 Å². The summed E-state index contributed by atoms with van der Waals surface area (Å²) >= 11 is 0. The lowest BCUT2D eigenvalue weighted by Gasteiger charge is -2.26. The van der Waals surface area contributed by atoms with E-state index in [1.54, 1.807) is 7.11 Å². The van der Waals surface area contributed by atoms with Crippen molar-refractivity contribution in [1.29, 1.82) is 0 Å². The van der Waals surface area contributed by atoms with Gasteiger partial charge in [0.05, 0.1) is 7.11 Å². The third-order valence-corrected chi connectivity index (χ3v) is 3.66. The molecule has 1 aliphatic rings. The smallest absolute Gasteiger partial charge is 0.150 e. The summed E-state index contributed by atoms with van der Waals surface area (Å²) in [5, 5.41) is 1.46. The fraction of sp³-hybridized carbons (Fsp3) is 0.571. The van der Waals surface area contributed by atoms with Gasteiger partial charge >= 0.3 is 0 Å². The van der Waals surface area contributed by atoms with Crippen LogP contribution in [0.3, 0.4) is 0 Å². The van der Waals surface area contributed by atoms with E-state index in [-0.39, 0.29) is 0 Å². The number of nitrogens with zero attached hydrogens (tertiary/aromatic N) is 1. The van der Waals surface area contributed by atoms with Crippen LogP contribution < -0.4 is 9.96 Å². The molecule has 0 spiro atoms. The fourth-order valence-corrected chi connectivity index (χ4v) is 1.80. The van der Waals surface area contributed by atoms with Gasteiger partial charge in [0.2, 0.25) is 0 Å². The third kappa shape index (κ3) is 1.95. The minimum Gasteiger partial charge on any atom is -0.494 e. The monoisotopic (exact) mass is 251 g/mol. The first kappa shape index (κ1) is 13.2. The van der Waals surface area contributed by atoms with Crippen LogP contribution in [0.25, 0.3) is 0 Å². The Morgan fingerprint density at radius 1 is 1.06 bits per heavy atom. The highest BCUT2D eigenvalue weighted by atomic mass is 17.0. The lowest BCUT2D eigenvalue weighted by molar-refractivity contribution is -0.0281. The number of benzene rings is 1. The van der Waals surface area contributed by atoms with Crippen LogP contribution in [0, 0.1) is 6.92 Å². The minimum atomic E-state index is -0.401. The lowest BCUT2D eigenvalue weighted by atomic mass is 9.90. The van der Waals surface area contributed by atoms with Gasteiger partial charge in [-0.2, -0.15) is 0 Å². The molecule has 0 aliphatic carbocycles. The molecule has 0 amide bonds. The first-order valence-electron chi connectivity index (χ1n) is 6.10. The molecule has 0 unspecified atom stereocenters. The van der Waals surface area contributed by atoms with Gasteiger partial charge in [-0.25, -0.2) is 9.68 Å². The maximum absolute atomic E-state index is 5.88. The molecule has 4 heteroatoms. The summed E-state index contributed by atoms with van der Waals surface area (Å²) in [7, 11) is 1.65. The van der Waals surface area contributed by atoms with E-state index in [1.165, 1.54) is 5.23 Å². The van der Waals surface area contributed by atoms with Gasteiger partial charge in [-0.15, -0.1) is 5.23 Å². The molecule has 1 fully saturated rings. The Hall–Kier alpha value is -1.26. The number of aryl methyl sites for hydroxylation is 1. The Labute approximate surface area is 108 Å². The lowest BCUT2D eigenvalue weighted by Crippen LogP contribution is -2.41. The van der Waals surface area contributed by atoms with Crippen molar-refractivity contribution in [3.05, 3.63) is 23.8 Å². The molecule has 0 aromatic heterocycles. The van der Waals surface area contributed by atoms with Crippen LogP contribution in [0.4, 0.5) is 5.69 Å². The highest BCUT2D eigenvalue weighted by molar-refractivity contribution is 5.59. The molecule has 0 saturated carbocycles. The van der Waals surface area contributed by atoms with Crippen molar-refractivity contribution < 1.29 is 14.4 Å². The largest absolute Gasteiger partial charge is 0.494 e. The Kier molecular flexibility index (Phi) is 3.03. The normalized spacial score (nSPS) is 21.1. The average Bonchev–Trinajstić information content (AvgIpc) is 2.47. The highest BCUT2D eigenvalue weighted by Crippen LogP contribution is 2.43. The van der Waals surface area contributed by atoms with Crippen molar-refractivity contribution in [3.63, 3.8) is 0 Å². The van der Waals surface area contributed by atoms with Crippen molar-refractivity contribution in [3.8, 4) is 5.75 Å². The van der Waals surface area contributed by atoms with Gasteiger partial charge in [0.25, 0.3) is 0 Å². The molecule has 1 heterocycles. The van der Waals surface area contributed by atoms with E-state index in [4.69, 9.17) is 14.4 Å². The first-order valence-corrected chi connectivity index (χ1v) is 6.10. The summed E-state index contributed by atoms with van der Waals surface area (Å²) in [5.41, 5.74) is 1.03. The number of para-hydroxylation sites is 1. The molecule has 2 rings (SSSR count). The predicted octanol–water partition coefficient (Wildman–Crippen LogP) is 3.24. The van der Waals surface area contributed by atoms with E-state index in [2.05, 4.69) is 0 Å². The Balaban J connectivity index is 2.38. The minimum absolute atomic E-state index is 0.401. The summed E-state index contributed by atoms with van der Waals surface area (Å²) in [6.07, 6.45) is 0. The number of hydrogen-bond donors (Lipinski definition) is 0. The topological polar surface area (TPSA) is 30.9 Å². The average molecular weight is 251 g/mol. The molecule has 0 radical (unpaired) electrons. The second-order valence-corrected chi connectivity index (χ2v) is 5.59. The summed E-state index contributed by atoms with van der Waals surface area (Å²) in [6, 6.07) is 5.87. The number of rotatable bonds is 2. The molecule has 4 nitrogen and oxygen atoms in total. The van der Waals surface area contributed by atoms with Crippen LogP contribution in [0.1, 0.15) is 33.3 Å². The maximum atomic E-state index is 5.88. The quantitative estimate of drug-likeness (QED) is 0.807. The molecule has 1 aliphatic heterocycles. The number of methoxy groups -OCH3 is 1. The molecule has 0 atom stereocenters. The number of hydrogen-bond acceptors (Lipinski definition) is 4. The zero-order valence-corrected chi connectivity index (χ0v) is 11.9. The molecule has 0 bridgehead atoms. The summed E-state index contributed by atoms with van der Waals surface area (Å²) in [6.45, 7) is 10.0. The predicted molar refractivity (Wildman–Crippen MR) is 70.5 cm³/mol. The third-order valence-electron chi connectivity index (χ3n) is 3.66. The Morgan fingerprint density at radius 3 is 2.11 bits per heavy atom. The first-order chi connectivity index (χ1) is 8.28. The zero-order valence-electron chi connectivity index (χ0n) is 11.9. The molecule has 0 N–H and O–H groups in total. The van der Waals surface area contributed by atoms with Gasteiger partial charge in [0.15, 0.2) is 0 Å². The fourth-order valence-electron chi connectivity index (χ4n) is 1.80. The van der Waals surface area contributed by atoms with Crippen molar-refractivity contribution in [2.45, 2.75) is 45.8 Å². The van der Waals surface area contributed by atoms with E-state index in [0.717, 1.165) is 17.0 Å². The van der Waals surface area contributed by atoms with E-state index < -0.39 is 11.2 Å². The number of anilines is 1. The van der Waals surface area contributed by atoms with Crippen molar-refractivity contribution in [2.24, 2.45) is 0 Å². The van der Waals surface area contributed by atoms with E-state index in [0.29, 0.717) is 0 Å². The second kappa shape index (κ2) is 4.14. The van der Waals surface area contributed by atoms with Crippen LogP contribution in [-0.2, 0) is 9.68 Å². The van der Waals surface area contributed by atoms with Crippen LogP contribution in [-0.4, -0.2) is 18.3 Å². The molecule has 18 heavy (non-hydrogen) atoms. The second-order valence-electron chi connectivity index (χ2n) is 5.59. The van der Waals surface area contributed by atoms with E-state index in [9.17, 15) is 0 Å². The van der Waals surface area contributed by atoms with Crippen LogP contribution in [0.15, 0.2) is 18.2 Å². The molecule has 100 valence electrons. The van der Waals surface area contributed by atoms with Crippen LogP contribution >= 0.6 is 0 Å². The molecular formula is C14H21NO3. The van der Waals surface area contributed by atoms with Gasteiger partial charge in [-0.1, -0.05) is 12.1 Å². The van der Waals surface area contributed by atoms with Gasteiger partial charge in [-0.05, 0) is 46.2 Å². The SMILES string of the molecule is COc1c(C)cccc1N1OC(C)(C)C(C)(C)O1. The van der Waals surface area contributed by atoms with Crippen LogP contribution in [0.5, 0.6) is 5.75 Å². The van der Waals surface area contributed by atoms with Crippen molar-refractivity contribution >= 4 is 5.69 Å². The standard InChI is InChI=1S/C14H21NO3/c1-10-8-7-9-11(12(10)16-6)15-17-13(2,3)14(4,5)18-15/h7-9H,1-6H3. The van der Waals surface area contributed by atoms with Crippen molar-refractivity contribution in [1.82, 2.24) is 0 Å². The van der Waals surface area contributed by atoms with Gasteiger partial charge in [0, 0.05) is 0 Å². The van der Waals surface area contributed by atoms with E-state index >= 15 is 0 Å². The summed E-state index contributed by atoms with van der Waals surface area (Å²) < 4.78 is 5.42. The molecule has 1 aromatic rings. The number of ether oxygens (including phenoxy) is 1. The van der Waals surface area contributed by atoms with Crippen molar-refractivity contribution in [2.75, 3.05) is 12.3 Å².